The minimum absolute atomic E-state index is 0.0782. The molecule has 1 aliphatic heterocycles. The van der Waals surface area contributed by atoms with E-state index in [-0.39, 0.29) is 11.7 Å². The SMILES string of the molecule is C=CC[C@@H](c1cc([N+](=O)[O-])ccc1F)N1CCNCC1. The van der Waals surface area contributed by atoms with Crippen molar-refractivity contribution in [2.24, 2.45) is 0 Å². The molecule has 1 atom stereocenters. The number of non-ortho nitro benzene ring substituents is 1. The van der Waals surface area contributed by atoms with Crippen molar-refractivity contribution >= 4 is 5.69 Å². The van der Waals surface area contributed by atoms with Gasteiger partial charge >= 0.3 is 0 Å². The average Bonchev–Trinajstić information content (AvgIpc) is 2.46. The molecule has 108 valence electrons. The maximum atomic E-state index is 14.1. The van der Waals surface area contributed by atoms with E-state index in [4.69, 9.17) is 0 Å². The summed E-state index contributed by atoms with van der Waals surface area (Å²) in [6.45, 7) is 6.97. The van der Waals surface area contributed by atoms with Crippen LogP contribution in [0.25, 0.3) is 0 Å². The Bertz CT molecular complexity index is 501. The first-order valence-electron chi connectivity index (χ1n) is 6.63. The fourth-order valence-corrected chi connectivity index (χ4v) is 2.52. The molecule has 5 nitrogen and oxygen atoms in total. The van der Waals surface area contributed by atoms with Crippen molar-refractivity contribution in [3.05, 3.63) is 52.3 Å². The van der Waals surface area contributed by atoms with Gasteiger partial charge in [-0.1, -0.05) is 6.08 Å². The molecule has 2 rings (SSSR count). The maximum Gasteiger partial charge on any atom is 0.269 e. The fraction of sp³-hybridized carbons (Fsp3) is 0.429. The molecule has 0 radical (unpaired) electrons. The summed E-state index contributed by atoms with van der Waals surface area (Å²) in [7, 11) is 0. The predicted octanol–water partition coefficient (Wildman–Crippen LogP) is 2.26. The van der Waals surface area contributed by atoms with Crippen LogP contribution in [-0.2, 0) is 0 Å². The fourth-order valence-electron chi connectivity index (χ4n) is 2.52. The number of hydrogen-bond donors (Lipinski definition) is 1. The quantitative estimate of drug-likeness (QED) is 0.510. The number of nitrogens with one attached hydrogen (secondary N) is 1. The number of nitro benzene ring substituents is 1. The molecule has 0 aromatic heterocycles. The van der Waals surface area contributed by atoms with Gasteiger partial charge < -0.3 is 5.32 Å². The predicted molar refractivity (Wildman–Crippen MR) is 75.1 cm³/mol. The second-order valence-corrected chi connectivity index (χ2v) is 4.79. The summed E-state index contributed by atoms with van der Waals surface area (Å²) in [5, 5.41) is 14.1. The van der Waals surface area contributed by atoms with Gasteiger partial charge in [0.1, 0.15) is 5.82 Å². The molecule has 6 heteroatoms. The van der Waals surface area contributed by atoms with Crippen LogP contribution in [0.1, 0.15) is 18.0 Å². The van der Waals surface area contributed by atoms with E-state index in [1.807, 2.05) is 0 Å². The number of hydrogen-bond acceptors (Lipinski definition) is 4. The van der Waals surface area contributed by atoms with E-state index in [9.17, 15) is 14.5 Å². The first-order chi connectivity index (χ1) is 9.63. The van der Waals surface area contributed by atoms with Crippen molar-refractivity contribution in [2.75, 3.05) is 26.2 Å². The highest BCUT2D eigenvalue weighted by atomic mass is 19.1. The van der Waals surface area contributed by atoms with E-state index in [0.29, 0.717) is 12.0 Å². The Balaban J connectivity index is 2.34. The van der Waals surface area contributed by atoms with E-state index in [0.717, 1.165) is 26.2 Å². The van der Waals surface area contributed by atoms with Gasteiger partial charge in [0.25, 0.3) is 5.69 Å². The molecule has 1 heterocycles. The Hall–Kier alpha value is -1.79. The molecule has 0 spiro atoms. The lowest BCUT2D eigenvalue weighted by Gasteiger charge is -2.34. The highest BCUT2D eigenvalue weighted by molar-refractivity contribution is 5.37. The van der Waals surface area contributed by atoms with Gasteiger partial charge in [-0.15, -0.1) is 6.58 Å². The summed E-state index contributed by atoms with van der Waals surface area (Å²) < 4.78 is 14.1. The molecule has 20 heavy (non-hydrogen) atoms. The number of benzene rings is 1. The molecular formula is C14H18FN3O2. The lowest BCUT2D eigenvalue weighted by Crippen LogP contribution is -2.45. The average molecular weight is 279 g/mol. The van der Waals surface area contributed by atoms with Crippen LogP contribution in [0.3, 0.4) is 0 Å². The molecule has 0 amide bonds. The van der Waals surface area contributed by atoms with Crippen LogP contribution >= 0.6 is 0 Å². The third kappa shape index (κ3) is 3.20. The molecule has 1 aromatic carbocycles. The van der Waals surface area contributed by atoms with E-state index in [1.165, 1.54) is 18.2 Å². The van der Waals surface area contributed by atoms with Crippen molar-refractivity contribution in [1.82, 2.24) is 10.2 Å². The number of rotatable bonds is 5. The van der Waals surface area contributed by atoms with Crippen molar-refractivity contribution in [1.29, 1.82) is 0 Å². The molecule has 1 saturated heterocycles. The number of piperazine rings is 1. The Labute approximate surface area is 117 Å². The molecule has 1 fully saturated rings. The van der Waals surface area contributed by atoms with Crippen LogP contribution in [0, 0.1) is 15.9 Å². The monoisotopic (exact) mass is 279 g/mol. The minimum atomic E-state index is -0.494. The van der Waals surface area contributed by atoms with Crippen molar-refractivity contribution in [2.45, 2.75) is 12.5 Å². The number of halogens is 1. The summed E-state index contributed by atoms with van der Waals surface area (Å²) in [6.07, 6.45) is 2.29. The first kappa shape index (κ1) is 14.6. The van der Waals surface area contributed by atoms with Gasteiger partial charge in [-0.05, 0) is 12.5 Å². The van der Waals surface area contributed by atoms with Crippen LogP contribution in [0.5, 0.6) is 0 Å². The summed E-state index contributed by atoms with van der Waals surface area (Å²) in [6, 6.07) is 3.51. The first-order valence-corrected chi connectivity index (χ1v) is 6.63. The van der Waals surface area contributed by atoms with Gasteiger partial charge in [0, 0.05) is 49.9 Å². The van der Waals surface area contributed by atoms with Gasteiger partial charge in [-0.2, -0.15) is 0 Å². The molecule has 0 saturated carbocycles. The van der Waals surface area contributed by atoms with Gasteiger partial charge in [0.15, 0.2) is 0 Å². The zero-order valence-electron chi connectivity index (χ0n) is 11.2. The van der Waals surface area contributed by atoms with E-state index < -0.39 is 10.7 Å². The summed E-state index contributed by atoms with van der Waals surface area (Å²) in [4.78, 5) is 12.5. The zero-order chi connectivity index (χ0) is 14.5. The Kier molecular flexibility index (Phi) is 4.81. The lowest BCUT2D eigenvalue weighted by molar-refractivity contribution is -0.385. The van der Waals surface area contributed by atoms with E-state index >= 15 is 0 Å². The third-order valence-corrected chi connectivity index (χ3v) is 3.53. The Morgan fingerprint density at radius 3 is 2.80 bits per heavy atom. The van der Waals surface area contributed by atoms with E-state index in [2.05, 4.69) is 16.8 Å². The Morgan fingerprint density at radius 1 is 1.50 bits per heavy atom. The molecule has 0 bridgehead atoms. The molecule has 1 aliphatic rings. The summed E-state index contributed by atoms with van der Waals surface area (Å²) in [5.74, 6) is -0.402. The molecule has 0 unspecified atom stereocenters. The molecule has 1 N–H and O–H groups in total. The molecule has 1 aromatic rings. The maximum absolute atomic E-state index is 14.1. The topological polar surface area (TPSA) is 58.4 Å². The van der Waals surface area contributed by atoms with Crippen LogP contribution in [-0.4, -0.2) is 36.0 Å². The van der Waals surface area contributed by atoms with Gasteiger partial charge in [0.2, 0.25) is 0 Å². The number of nitrogens with zero attached hydrogens (tertiary/aromatic N) is 2. The van der Waals surface area contributed by atoms with Crippen LogP contribution in [0.2, 0.25) is 0 Å². The zero-order valence-corrected chi connectivity index (χ0v) is 11.2. The second kappa shape index (κ2) is 6.58. The third-order valence-electron chi connectivity index (χ3n) is 3.53. The largest absolute Gasteiger partial charge is 0.314 e. The van der Waals surface area contributed by atoms with Crippen molar-refractivity contribution in [3.63, 3.8) is 0 Å². The van der Waals surface area contributed by atoms with Crippen LogP contribution < -0.4 is 5.32 Å². The summed E-state index contributed by atoms with van der Waals surface area (Å²) >= 11 is 0. The van der Waals surface area contributed by atoms with Crippen LogP contribution in [0.15, 0.2) is 30.9 Å². The van der Waals surface area contributed by atoms with Gasteiger partial charge in [-0.3, -0.25) is 15.0 Å². The lowest BCUT2D eigenvalue weighted by atomic mass is 10.00. The molecule has 0 aliphatic carbocycles. The van der Waals surface area contributed by atoms with Crippen LogP contribution in [0.4, 0.5) is 10.1 Å². The van der Waals surface area contributed by atoms with Gasteiger partial charge in [-0.25, -0.2) is 4.39 Å². The molecular weight excluding hydrogens is 261 g/mol. The highest BCUT2D eigenvalue weighted by Crippen LogP contribution is 2.30. The van der Waals surface area contributed by atoms with Gasteiger partial charge in [0.05, 0.1) is 4.92 Å². The standard InChI is InChI=1S/C14H18FN3O2/c1-2-3-14(17-8-6-16-7-9-17)12-10-11(18(19)20)4-5-13(12)15/h2,4-5,10,14,16H,1,3,6-9H2/t14-/m0/s1. The van der Waals surface area contributed by atoms with Crippen molar-refractivity contribution < 1.29 is 9.31 Å². The minimum Gasteiger partial charge on any atom is -0.314 e. The second-order valence-electron chi connectivity index (χ2n) is 4.79. The Morgan fingerprint density at radius 2 is 2.20 bits per heavy atom. The highest BCUT2D eigenvalue weighted by Gasteiger charge is 2.25. The number of nitro groups is 1. The van der Waals surface area contributed by atoms with Crippen molar-refractivity contribution in [3.8, 4) is 0 Å². The normalized spacial score (nSPS) is 17.6. The van der Waals surface area contributed by atoms with E-state index in [1.54, 1.807) is 6.08 Å². The summed E-state index contributed by atoms with van der Waals surface area (Å²) in [5.41, 5.74) is 0.298. The smallest absolute Gasteiger partial charge is 0.269 e.